The van der Waals surface area contributed by atoms with Gasteiger partial charge in [-0.05, 0) is 49.2 Å². The van der Waals surface area contributed by atoms with Gasteiger partial charge in [0.1, 0.15) is 31.1 Å². The third-order valence-corrected chi connectivity index (χ3v) is 5.36. The SMILES string of the molecule is Cc1cc2ccc3c(c2cc1C(n1cncn1)n1cncn1)C(C)(C)C(=O)O3. The second-order valence-corrected chi connectivity index (χ2v) is 7.51. The summed E-state index contributed by atoms with van der Waals surface area (Å²) >= 11 is 0. The summed E-state index contributed by atoms with van der Waals surface area (Å²) in [5.41, 5.74) is 2.27. The molecule has 3 heterocycles. The fourth-order valence-electron chi connectivity index (χ4n) is 3.91. The van der Waals surface area contributed by atoms with Crippen LogP contribution >= 0.6 is 0 Å². The number of ether oxygens (including phenoxy) is 1. The van der Waals surface area contributed by atoms with Crippen molar-refractivity contribution >= 4 is 16.7 Å². The predicted octanol–water partition coefficient (Wildman–Crippen LogP) is 2.62. The van der Waals surface area contributed by atoms with E-state index in [0.717, 1.165) is 27.5 Å². The van der Waals surface area contributed by atoms with Crippen molar-refractivity contribution < 1.29 is 9.53 Å². The number of aromatic nitrogens is 6. The number of hydrogen-bond donors (Lipinski definition) is 0. The third kappa shape index (κ3) is 2.27. The molecule has 0 saturated heterocycles. The monoisotopic (exact) mass is 374 g/mol. The Morgan fingerprint density at radius 2 is 1.71 bits per heavy atom. The first-order chi connectivity index (χ1) is 13.5. The minimum absolute atomic E-state index is 0.235. The highest BCUT2D eigenvalue weighted by molar-refractivity contribution is 6.00. The largest absolute Gasteiger partial charge is 0.426 e. The molecule has 0 bridgehead atoms. The fraction of sp³-hybridized carbons (Fsp3) is 0.250. The summed E-state index contributed by atoms with van der Waals surface area (Å²) in [7, 11) is 0. The summed E-state index contributed by atoms with van der Waals surface area (Å²) in [6.45, 7) is 5.84. The lowest BCUT2D eigenvalue weighted by Gasteiger charge is -2.22. The number of carbonyl (C=O) groups is 1. The van der Waals surface area contributed by atoms with E-state index >= 15 is 0 Å². The average Bonchev–Trinajstić information content (AvgIpc) is 3.39. The Labute approximate surface area is 160 Å². The maximum Gasteiger partial charge on any atom is 0.321 e. The Hall–Kier alpha value is -3.55. The van der Waals surface area contributed by atoms with Crippen LogP contribution in [0.1, 0.15) is 36.7 Å². The Bertz CT molecular complexity index is 1160. The molecule has 2 aromatic carbocycles. The van der Waals surface area contributed by atoms with Crippen LogP contribution in [0.25, 0.3) is 10.8 Å². The van der Waals surface area contributed by atoms with E-state index in [4.69, 9.17) is 4.74 Å². The minimum atomic E-state index is -0.711. The first-order valence-electron chi connectivity index (χ1n) is 8.95. The molecule has 5 rings (SSSR count). The van der Waals surface area contributed by atoms with Crippen molar-refractivity contribution in [1.29, 1.82) is 0 Å². The number of aryl methyl sites for hydroxylation is 1. The molecule has 1 aliphatic heterocycles. The van der Waals surface area contributed by atoms with Gasteiger partial charge in [0.2, 0.25) is 0 Å². The lowest BCUT2D eigenvalue weighted by Crippen LogP contribution is -2.26. The maximum absolute atomic E-state index is 12.4. The topological polar surface area (TPSA) is 87.7 Å². The minimum Gasteiger partial charge on any atom is -0.426 e. The van der Waals surface area contributed by atoms with E-state index in [9.17, 15) is 4.79 Å². The molecule has 8 nitrogen and oxygen atoms in total. The van der Waals surface area contributed by atoms with Gasteiger partial charge in [0.25, 0.3) is 0 Å². The van der Waals surface area contributed by atoms with Crippen LogP contribution in [0.15, 0.2) is 49.6 Å². The van der Waals surface area contributed by atoms with E-state index in [2.05, 4.69) is 39.2 Å². The maximum atomic E-state index is 12.4. The van der Waals surface area contributed by atoms with Crippen LogP contribution in [-0.4, -0.2) is 35.5 Å². The van der Waals surface area contributed by atoms with Crippen LogP contribution in [0.4, 0.5) is 0 Å². The molecule has 8 heteroatoms. The third-order valence-electron chi connectivity index (χ3n) is 5.36. The highest BCUT2D eigenvalue weighted by Crippen LogP contribution is 2.44. The summed E-state index contributed by atoms with van der Waals surface area (Å²) < 4.78 is 8.98. The zero-order chi connectivity index (χ0) is 19.5. The van der Waals surface area contributed by atoms with Crippen molar-refractivity contribution in [1.82, 2.24) is 29.5 Å². The summed E-state index contributed by atoms with van der Waals surface area (Å²) in [4.78, 5) is 20.6. The molecule has 4 aromatic rings. The molecule has 28 heavy (non-hydrogen) atoms. The Balaban J connectivity index is 1.80. The van der Waals surface area contributed by atoms with Crippen molar-refractivity contribution in [2.24, 2.45) is 0 Å². The van der Waals surface area contributed by atoms with Gasteiger partial charge < -0.3 is 4.74 Å². The average molecular weight is 374 g/mol. The quantitative estimate of drug-likeness (QED) is 0.405. The van der Waals surface area contributed by atoms with E-state index in [1.54, 1.807) is 22.0 Å². The van der Waals surface area contributed by atoms with Crippen molar-refractivity contribution in [3.8, 4) is 5.75 Å². The summed E-state index contributed by atoms with van der Waals surface area (Å²) in [6, 6.07) is 8.07. The zero-order valence-corrected chi connectivity index (χ0v) is 15.7. The van der Waals surface area contributed by atoms with Crippen LogP contribution in [0, 0.1) is 6.92 Å². The van der Waals surface area contributed by atoms with E-state index < -0.39 is 5.41 Å². The normalized spacial score (nSPS) is 15.2. The number of benzene rings is 2. The smallest absolute Gasteiger partial charge is 0.321 e. The number of hydrogen-bond acceptors (Lipinski definition) is 6. The molecule has 1 aliphatic rings. The molecule has 0 atom stereocenters. The Morgan fingerprint density at radius 1 is 1.04 bits per heavy atom. The number of rotatable bonds is 3. The zero-order valence-electron chi connectivity index (χ0n) is 15.7. The molecule has 0 unspecified atom stereocenters. The van der Waals surface area contributed by atoms with Gasteiger partial charge in [0, 0.05) is 11.1 Å². The first kappa shape index (κ1) is 16.6. The van der Waals surface area contributed by atoms with E-state index in [1.165, 1.54) is 12.7 Å². The van der Waals surface area contributed by atoms with Crippen LogP contribution in [0.3, 0.4) is 0 Å². The standard InChI is InChI=1S/C20H18N6O2/c1-12-6-13-4-5-16-17(20(2,3)19(27)28-16)15(13)7-14(12)18(25-10-21-8-23-25)26-11-22-9-24-26/h4-11,18H,1-3H3. The molecule has 2 aromatic heterocycles. The van der Waals surface area contributed by atoms with E-state index in [0.29, 0.717) is 5.75 Å². The molecule has 0 radical (unpaired) electrons. The summed E-state index contributed by atoms with van der Waals surface area (Å²) in [5.74, 6) is 0.386. The lowest BCUT2D eigenvalue weighted by atomic mass is 9.82. The van der Waals surface area contributed by atoms with Crippen LogP contribution in [0.2, 0.25) is 0 Å². The van der Waals surface area contributed by atoms with Gasteiger partial charge in [-0.2, -0.15) is 10.2 Å². The number of carbonyl (C=O) groups excluding carboxylic acids is 1. The van der Waals surface area contributed by atoms with Gasteiger partial charge >= 0.3 is 5.97 Å². The van der Waals surface area contributed by atoms with Crippen molar-refractivity contribution in [2.45, 2.75) is 32.4 Å². The molecule has 0 spiro atoms. The first-order valence-corrected chi connectivity index (χ1v) is 8.95. The van der Waals surface area contributed by atoms with E-state index in [-0.39, 0.29) is 12.1 Å². The molecule has 140 valence electrons. The number of esters is 1. The molecule has 0 aliphatic carbocycles. The predicted molar refractivity (Wildman–Crippen MR) is 101 cm³/mol. The Kier molecular flexibility index (Phi) is 3.39. The van der Waals surface area contributed by atoms with Gasteiger partial charge in [-0.1, -0.05) is 12.1 Å². The van der Waals surface area contributed by atoms with Gasteiger partial charge in [-0.3, -0.25) is 4.79 Å². The highest BCUT2D eigenvalue weighted by Gasteiger charge is 2.42. The molecule has 0 amide bonds. The lowest BCUT2D eigenvalue weighted by molar-refractivity contribution is -0.137. The van der Waals surface area contributed by atoms with Crippen molar-refractivity contribution in [2.75, 3.05) is 0 Å². The fourth-order valence-corrected chi connectivity index (χ4v) is 3.91. The van der Waals surface area contributed by atoms with Crippen LogP contribution < -0.4 is 4.74 Å². The van der Waals surface area contributed by atoms with Gasteiger partial charge in [0.15, 0.2) is 6.17 Å². The highest BCUT2D eigenvalue weighted by atomic mass is 16.5. The second-order valence-electron chi connectivity index (χ2n) is 7.51. The molecule has 0 N–H and O–H groups in total. The summed E-state index contributed by atoms with van der Waals surface area (Å²) in [6.07, 6.45) is 5.96. The van der Waals surface area contributed by atoms with Crippen LogP contribution in [-0.2, 0) is 10.2 Å². The molecular weight excluding hydrogens is 356 g/mol. The number of nitrogens with zero attached hydrogens (tertiary/aromatic N) is 6. The second kappa shape index (κ2) is 5.72. The van der Waals surface area contributed by atoms with Crippen molar-refractivity contribution in [3.63, 3.8) is 0 Å². The molecule has 0 saturated carbocycles. The van der Waals surface area contributed by atoms with Gasteiger partial charge in [-0.15, -0.1) is 0 Å². The number of fused-ring (bicyclic) bond motifs is 3. The Morgan fingerprint density at radius 3 is 2.32 bits per heavy atom. The van der Waals surface area contributed by atoms with E-state index in [1.807, 2.05) is 26.0 Å². The van der Waals surface area contributed by atoms with Crippen molar-refractivity contribution in [3.05, 3.63) is 66.3 Å². The molecular formula is C20H18N6O2. The summed E-state index contributed by atoms with van der Waals surface area (Å²) in [5, 5.41) is 10.7. The molecule has 0 fully saturated rings. The van der Waals surface area contributed by atoms with Gasteiger partial charge in [-0.25, -0.2) is 19.3 Å². The van der Waals surface area contributed by atoms with Crippen LogP contribution in [0.5, 0.6) is 5.75 Å². The van der Waals surface area contributed by atoms with Gasteiger partial charge in [0.05, 0.1) is 5.41 Å².